The molecule has 0 fully saturated rings. The van der Waals surface area contributed by atoms with Crippen LogP contribution < -0.4 is 0 Å². The molecule has 0 bridgehead atoms. The Balaban J connectivity index is 2.06. The van der Waals surface area contributed by atoms with E-state index in [2.05, 4.69) is 74.5 Å². The number of thiophene rings is 2. The van der Waals surface area contributed by atoms with E-state index in [1.165, 1.54) is 40.7 Å². The number of benzene rings is 2. The molecule has 4 rings (SSSR count). The second-order valence-electron chi connectivity index (χ2n) is 5.37. The van der Waals surface area contributed by atoms with E-state index in [-0.39, 0.29) is 0 Å². The van der Waals surface area contributed by atoms with Gasteiger partial charge < -0.3 is 0 Å². The lowest BCUT2D eigenvalue weighted by atomic mass is 10.1. The van der Waals surface area contributed by atoms with Crippen molar-refractivity contribution in [1.29, 1.82) is 0 Å². The Morgan fingerprint density at radius 3 is 1.55 bits per heavy atom. The first-order valence-electron chi connectivity index (χ1n) is 7.44. The van der Waals surface area contributed by atoms with Crippen molar-refractivity contribution >= 4 is 64.4 Å². The largest absolute Gasteiger partial charge is 0.134 e. The fourth-order valence-electron chi connectivity index (χ4n) is 2.89. The lowest BCUT2D eigenvalue weighted by molar-refractivity contribution is 1.72. The van der Waals surface area contributed by atoms with Crippen LogP contribution in [0.4, 0.5) is 0 Å². The van der Waals surface area contributed by atoms with Gasteiger partial charge in [-0.05, 0) is 49.2 Å². The standard InChI is InChI=1S/C20H16S2/c1-3-5-13-7-9-17-15(11-13)19-20(21-17)16-12-14(6-4-2)8-10-18(16)22-19/h3-12H,1-2H3/b5-3+,6-4+. The molecule has 0 atom stereocenters. The highest BCUT2D eigenvalue weighted by Gasteiger charge is 2.12. The van der Waals surface area contributed by atoms with Gasteiger partial charge in [-0.2, -0.15) is 0 Å². The minimum atomic E-state index is 1.28. The highest BCUT2D eigenvalue weighted by atomic mass is 32.1. The van der Waals surface area contributed by atoms with Crippen LogP contribution in [0.5, 0.6) is 0 Å². The van der Waals surface area contributed by atoms with Gasteiger partial charge in [-0.3, -0.25) is 0 Å². The Kier molecular flexibility index (Phi) is 3.36. The van der Waals surface area contributed by atoms with Crippen LogP contribution in [-0.4, -0.2) is 0 Å². The first-order valence-corrected chi connectivity index (χ1v) is 9.07. The van der Waals surface area contributed by atoms with E-state index in [1.807, 2.05) is 22.7 Å². The Bertz CT molecular complexity index is 956. The monoisotopic (exact) mass is 320 g/mol. The molecule has 2 aromatic carbocycles. The lowest BCUT2D eigenvalue weighted by Crippen LogP contribution is -1.70. The second kappa shape index (κ2) is 5.38. The molecular formula is C20H16S2. The van der Waals surface area contributed by atoms with Gasteiger partial charge in [0.25, 0.3) is 0 Å². The van der Waals surface area contributed by atoms with Gasteiger partial charge in [0.05, 0.1) is 9.40 Å². The summed E-state index contributed by atoms with van der Waals surface area (Å²) < 4.78 is 5.62. The summed E-state index contributed by atoms with van der Waals surface area (Å²) in [5.74, 6) is 0. The van der Waals surface area contributed by atoms with Crippen molar-refractivity contribution in [1.82, 2.24) is 0 Å². The zero-order valence-electron chi connectivity index (χ0n) is 12.6. The third-order valence-electron chi connectivity index (χ3n) is 3.84. The summed E-state index contributed by atoms with van der Waals surface area (Å²) >= 11 is 3.83. The molecule has 4 aromatic rings. The molecule has 0 aliphatic heterocycles. The Morgan fingerprint density at radius 1 is 0.682 bits per heavy atom. The van der Waals surface area contributed by atoms with Crippen molar-refractivity contribution in [2.75, 3.05) is 0 Å². The minimum Gasteiger partial charge on any atom is -0.134 e. The maximum atomic E-state index is 2.32. The first-order chi connectivity index (χ1) is 10.8. The molecule has 2 heteroatoms. The van der Waals surface area contributed by atoms with Gasteiger partial charge in [-0.15, -0.1) is 22.7 Å². The molecule has 0 unspecified atom stereocenters. The summed E-state index contributed by atoms with van der Waals surface area (Å²) in [5, 5.41) is 2.79. The lowest BCUT2D eigenvalue weighted by Gasteiger charge is -1.95. The van der Waals surface area contributed by atoms with E-state index in [0.717, 1.165) is 0 Å². The minimum absolute atomic E-state index is 1.28. The second-order valence-corrected chi connectivity index (χ2v) is 7.48. The van der Waals surface area contributed by atoms with E-state index < -0.39 is 0 Å². The number of fused-ring (bicyclic) bond motifs is 5. The predicted octanol–water partition coefficient (Wildman–Crippen LogP) is 7.34. The van der Waals surface area contributed by atoms with Crippen molar-refractivity contribution in [2.45, 2.75) is 13.8 Å². The third kappa shape index (κ3) is 2.11. The molecule has 0 saturated heterocycles. The Morgan fingerprint density at radius 2 is 1.14 bits per heavy atom. The molecule has 2 heterocycles. The molecule has 22 heavy (non-hydrogen) atoms. The Hall–Kier alpha value is -1.90. The van der Waals surface area contributed by atoms with Crippen LogP contribution in [0.2, 0.25) is 0 Å². The van der Waals surface area contributed by atoms with Crippen molar-refractivity contribution in [2.24, 2.45) is 0 Å². The quantitative estimate of drug-likeness (QED) is 0.362. The maximum Gasteiger partial charge on any atom is 0.0542 e. The number of hydrogen-bond donors (Lipinski definition) is 0. The van der Waals surface area contributed by atoms with Gasteiger partial charge in [-0.25, -0.2) is 0 Å². The van der Waals surface area contributed by atoms with Gasteiger partial charge in [0, 0.05) is 20.2 Å². The third-order valence-corrected chi connectivity index (χ3v) is 6.38. The molecule has 0 radical (unpaired) electrons. The normalized spacial score (nSPS) is 12.6. The molecule has 108 valence electrons. The summed E-state index contributed by atoms with van der Waals surface area (Å²) in [6.07, 6.45) is 8.53. The zero-order valence-corrected chi connectivity index (χ0v) is 14.2. The Labute approximate surface area is 138 Å². The number of hydrogen-bond acceptors (Lipinski definition) is 2. The van der Waals surface area contributed by atoms with E-state index in [1.54, 1.807) is 0 Å². The average Bonchev–Trinajstić information content (AvgIpc) is 3.04. The van der Waals surface area contributed by atoms with Crippen LogP contribution >= 0.6 is 22.7 Å². The zero-order chi connectivity index (χ0) is 15.1. The molecule has 0 nitrogen and oxygen atoms in total. The van der Waals surface area contributed by atoms with Crippen molar-refractivity contribution in [3.63, 3.8) is 0 Å². The summed E-state index contributed by atoms with van der Waals surface area (Å²) in [5.41, 5.74) is 2.56. The van der Waals surface area contributed by atoms with Gasteiger partial charge in [0.15, 0.2) is 0 Å². The summed E-state index contributed by atoms with van der Waals surface area (Å²) in [6.45, 7) is 4.13. The van der Waals surface area contributed by atoms with E-state index in [0.29, 0.717) is 0 Å². The summed E-state index contributed by atoms with van der Waals surface area (Å²) in [4.78, 5) is 0. The van der Waals surface area contributed by atoms with Crippen molar-refractivity contribution in [3.05, 3.63) is 59.7 Å². The van der Waals surface area contributed by atoms with Crippen LogP contribution in [0, 0.1) is 0 Å². The fourth-order valence-corrected chi connectivity index (χ4v) is 5.48. The maximum absolute atomic E-state index is 2.32. The van der Waals surface area contributed by atoms with Gasteiger partial charge in [0.2, 0.25) is 0 Å². The molecule has 0 saturated carbocycles. The van der Waals surface area contributed by atoms with Crippen LogP contribution in [0.25, 0.3) is 41.7 Å². The average molecular weight is 320 g/mol. The predicted molar refractivity (Wildman–Crippen MR) is 104 cm³/mol. The molecule has 2 aromatic heterocycles. The number of allylic oxidation sites excluding steroid dienone is 2. The van der Waals surface area contributed by atoms with Crippen molar-refractivity contribution in [3.8, 4) is 0 Å². The van der Waals surface area contributed by atoms with Gasteiger partial charge in [-0.1, -0.05) is 36.4 Å². The molecule has 0 amide bonds. The molecule has 0 aliphatic rings. The highest BCUT2D eigenvalue weighted by molar-refractivity contribution is 7.36. The van der Waals surface area contributed by atoms with E-state index >= 15 is 0 Å². The van der Waals surface area contributed by atoms with Crippen LogP contribution in [0.3, 0.4) is 0 Å². The molecule has 0 spiro atoms. The fraction of sp³-hybridized carbons (Fsp3) is 0.100. The van der Waals surface area contributed by atoms with Crippen LogP contribution in [0.1, 0.15) is 25.0 Å². The molecule has 0 aliphatic carbocycles. The highest BCUT2D eigenvalue weighted by Crippen LogP contribution is 2.44. The van der Waals surface area contributed by atoms with Gasteiger partial charge >= 0.3 is 0 Å². The van der Waals surface area contributed by atoms with Crippen LogP contribution in [0.15, 0.2) is 48.6 Å². The summed E-state index contributed by atoms with van der Waals surface area (Å²) in [6, 6.07) is 13.5. The van der Waals surface area contributed by atoms with Gasteiger partial charge in [0.1, 0.15) is 0 Å². The van der Waals surface area contributed by atoms with Crippen molar-refractivity contribution < 1.29 is 0 Å². The smallest absolute Gasteiger partial charge is 0.0542 e. The SMILES string of the molecule is C/C=C/c1ccc2sc3c4cc(/C=C/C)ccc4sc3c2c1. The topological polar surface area (TPSA) is 0 Å². The van der Waals surface area contributed by atoms with Crippen LogP contribution in [-0.2, 0) is 0 Å². The molecular weight excluding hydrogens is 304 g/mol. The van der Waals surface area contributed by atoms with E-state index in [4.69, 9.17) is 0 Å². The first kappa shape index (κ1) is 13.7. The summed E-state index contributed by atoms with van der Waals surface area (Å²) in [7, 11) is 0. The van der Waals surface area contributed by atoms with E-state index in [9.17, 15) is 0 Å². The number of rotatable bonds is 2. The molecule has 0 N–H and O–H groups in total.